The minimum Gasteiger partial charge on any atom is -0.398 e. The van der Waals surface area contributed by atoms with Crippen LogP contribution in [0.25, 0.3) is 0 Å². The van der Waals surface area contributed by atoms with E-state index in [1.54, 1.807) is 6.20 Å². The summed E-state index contributed by atoms with van der Waals surface area (Å²) in [4.78, 5) is 4.13. The molecule has 1 heterocycles. The molecule has 96 valence electrons. The van der Waals surface area contributed by atoms with Gasteiger partial charge >= 0.3 is 0 Å². The van der Waals surface area contributed by atoms with Crippen molar-refractivity contribution < 1.29 is 0 Å². The molecule has 1 aromatic heterocycles. The highest BCUT2D eigenvalue weighted by Crippen LogP contribution is 2.15. The molecule has 0 spiro atoms. The van der Waals surface area contributed by atoms with Crippen LogP contribution in [0, 0.1) is 5.92 Å². The summed E-state index contributed by atoms with van der Waals surface area (Å²) in [5.74, 6) is 3.07. The highest BCUT2D eigenvalue weighted by Gasteiger charge is 2.10. The van der Waals surface area contributed by atoms with Gasteiger partial charge < -0.3 is 11.1 Å². The summed E-state index contributed by atoms with van der Waals surface area (Å²) in [5, 5.41) is 3.35. The van der Waals surface area contributed by atoms with Crippen molar-refractivity contribution in [1.29, 1.82) is 0 Å². The zero-order valence-corrected chi connectivity index (χ0v) is 11.8. The van der Waals surface area contributed by atoms with Crippen molar-refractivity contribution in [2.45, 2.75) is 26.3 Å². The summed E-state index contributed by atoms with van der Waals surface area (Å²) in [6.07, 6.45) is 4.55. The zero-order chi connectivity index (χ0) is 12.7. The summed E-state index contributed by atoms with van der Waals surface area (Å²) in [6, 6.07) is 2.33. The predicted octanol–water partition coefficient (Wildman–Crippen LogP) is 2.18. The molecule has 4 heteroatoms. The Morgan fingerprint density at radius 3 is 2.76 bits per heavy atom. The second kappa shape index (κ2) is 7.56. The molecule has 0 radical (unpaired) electrons. The maximum atomic E-state index is 5.93. The van der Waals surface area contributed by atoms with Crippen LogP contribution in [0.3, 0.4) is 0 Å². The van der Waals surface area contributed by atoms with Crippen LogP contribution in [0.2, 0.25) is 0 Å². The van der Waals surface area contributed by atoms with Gasteiger partial charge in [0.05, 0.1) is 0 Å². The van der Waals surface area contributed by atoms with Crippen molar-refractivity contribution in [2.24, 2.45) is 5.92 Å². The number of nitrogens with zero attached hydrogens (tertiary/aromatic N) is 1. The number of nitrogens with two attached hydrogens (primary N) is 1. The number of thioether (sulfide) groups is 1. The van der Waals surface area contributed by atoms with Crippen LogP contribution in [-0.2, 0) is 6.42 Å². The number of rotatable bonds is 7. The third kappa shape index (κ3) is 5.41. The van der Waals surface area contributed by atoms with E-state index in [0.717, 1.165) is 29.3 Å². The molecular weight excluding hydrogens is 230 g/mol. The first kappa shape index (κ1) is 14.3. The number of likely N-dealkylation sites (N-methyl/N-ethyl adjacent to an activating group) is 1. The zero-order valence-electron chi connectivity index (χ0n) is 10.9. The first-order valence-electron chi connectivity index (χ1n) is 6.06. The molecule has 0 aliphatic carbocycles. The first-order chi connectivity index (χ1) is 8.13. The number of hydrogen-bond acceptors (Lipinski definition) is 4. The fourth-order valence-corrected chi connectivity index (χ4v) is 2.74. The quantitative estimate of drug-likeness (QED) is 0.782. The molecule has 0 saturated carbocycles. The van der Waals surface area contributed by atoms with Gasteiger partial charge in [0.25, 0.3) is 0 Å². The SMILES string of the molecule is CNC(CSCC(C)C)Cc1cnccc1N. The normalized spacial score (nSPS) is 12.9. The third-order valence-electron chi connectivity index (χ3n) is 2.59. The molecule has 0 saturated heterocycles. The van der Waals surface area contributed by atoms with Crippen molar-refractivity contribution >= 4 is 17.4 Å². The summed E-state index contributed by atoms with van der Waals surface area (Å²) in [5.41, 5.74) is 7.90. The first-order valence-corrected chi connectivity index (χ1v) is 7.22. The van der Waals surface area contributed by atoms with Crippen LogP contribution in [0.15, 0.2) is 18.5 Å². The molecule has 0 aliphatic rings. The fraction of sp³-hybridized carbons (Fsp3) is 0.615. The summed E-state index contributed by atoms with van der Waals surface area (Å²) in [7, 11) is 2.01. The lowest BCUT2D eigenvalue weighted by Crippen LogP contribution is -2.30. The minimum atomic E-state index is 0.463. The molecule has 17 heavy (non-hydrogen) atoms. The van der Waals surface area contributed by atoms with Gasteiger partial charge in [-0.15, -0.1) is 0 Å². The van der Waals surface area contributed by atoms with E-state index in [-0.39, 0.29) is 0 Å². The van der Waals surface area contributed by atoms with E-state index in [1.807, 2.05) is 31.1 Å². The lowest BCUT2D eigenvalue weighted by molar-refractivity contribution is 0.615. The molecule has 1 unspecified atom stereocenters. The standard InChI is InChI=1S/C13H23N3S/c1-10(2)8-17-9-12(15-3)6-11-7-16-5-4-13(11)14/h4-5,7,10,12,15H,6,8-9H2,1-3H3,(H2,14,16). The van der Waals surface area contributed by atoms with Crippen molar-refractivity contribution in [3.05, 3.63) is 24.0 Å². The maximum absolute atomic E-state index is 5.93. The van der Waals surface area contributed by atoms with Gasteiger partial charge in [-0.25, -0.2) is 0 Å². The van der Waals surface area contributed by atoms with Crippen LogP contribution in [0.1, 0.15) is 19.4 Å². The van der Waals surface area contributed by atoms with Crippen molar-refractivity contribution in [3.8, 4) is 0 Å². The highest BCUT2D eigenvalue weighted by molar-refractivity contribution is 7.99. The largest absolute Gasteiger partial charge is 0.398 e. The number of nitrogens with one attached hydrogen (secondary N) is 1. The van der Waals surface area contributed by atoms with Gasteiger partial charge in [-0.3, -0.25) is 4.98 Å². The molecule has 1 atom stereocenters. The monoisotopic (exact) mass is 253 g/mol. The average Bonchev–Trinajstić information content (AvgIpc) is 2.30. The highest BCUT2D eigenvalue weighted by atomic mass is 32.2. The lowest BCUT2D eigenvalue weighted by atomic mass is 10.1. The Labute approximate surface area is 109 Å². The summed E-state index contributed by atoms with van der Waals surface area (Å²) in [6.45, 7) is 4.50. The second-order valence-electron chi connectivity index (χ2n) is 4.70. The fourth-order valence-electron chi connectivity index (χ4n) is 1.56. The smallest absolute Gasteiger partial charge is 0.0378 e. The number of pyridine rings is 1. The van der Waals surface area contributed by atoms with Crippen LogP contribution in [-0.4, -0.2) is 29.6 Å². The molecule has 0 aliphatic heterocycles. The van der Waals surface area contributed by atoms with Crippen molar-refractivity contribution in [2.75, 3.05) is 24.3 Å². The number of anilines is 1. The van der Waals surface area contributed by atoms with Gasteiger partial charge in [-0.2, -0.15) is 11.8 Å². The number of hydrogen-bond donors (Lipinski definition) is 2. The van der Waals surface area contributed by atoms with E-state index in [0.29, 0.717) is 6.04 Å². The van der Waals surface area contributed by atoms with Crippen LogP contribution < -0.4 is 11.1 Å². The lowest BCUT2D eigenvalue weighted by Gasteiger charge is -2.17. The Bertz CT molecular complexity index is 328. The van der Waals surface area contributed by atoms with Gasteiger partial charge in [0.2, 0.25) is 0 Å². The Hall–Kier alpha value is -0.740. The average molecular weight is 253 g/mol. The molecule has 0 bridgehead atoms. The van der Waals surface area contributed by atoms with Gasteiger partial charge in [0, 0.05) is 29.9 Å². The molecule has 3 nitrogen and oxygen atoms in total. The topological polar surface area (TPSA) is 50.9 Å². The van der Waals surface area contributed by atoms with E-state index in [4.69, 9.17) is 5.73 Å². The minimum absolute atomic E-state index is 0.463. The Morgan fingerprint density at radius 2 is 2.18 bits per heavy atom. The second-order valence-corrected chi connectivity index (χ2v) is 5.77. The van der Waals surface area contributed by atoms with E-state index in [1.165, 1.54) is 5.75 Å². The maximum Gasteiger partial charge on any atom is 0.0378 e. The molecule has 0 aromatic carbocycles. The molecule has 1 rings (SSSR count). The molecule has 0 amide bonds. The van der Waals surface area contributed by atoms with Crippen LogP contribution in [0.5, 0.6) is 0 Å². The number of nitrogen functional groups attached to an aromatic ring is 1. The molecule has 3 N–H and O–H groups in total. The van der Waals surface area contributed by atoms with E-state index in [9.17, 15) is 0 Å². The van der Waals surface area contributed by atoms with E-state index >= 15 is 0 Å². The Morgan fingerprint density at radius 1 is 1.41 bits per heavy atom. The Kier molecular flexibility index (Phi) is 6.37. The van der Waals surface area contributed by atoms with Gasteiger partial charge in [-0.05, 0) is 36.8 Å². The van der Waals surface area contributed by atoms with Crippen LogP contribution >= 0.6 is 11.8 Å². The van der Waals surface area contributed by atoms with Crippen molar-refractivity contribution in [3.63, 3.8) is 0 Å². The summed E-state index contributed by atoms with van der Waals surface area (Å²) >= 11 is 2.00. The van der Waals surface area contributed by atoms with E-state index in [2.05, 4.69) is 24.1 Å². The van der Waals surface area contributed by atoms with Crippen LogP contribution in [0.4, 0.5) is 5.69 Å². The van der Waals surface area contributed by atoms with Crippen molar-refractivity contribution in [1.82, 2.24) is 10.3 Å². The number of aromatic nitrogens is 1. The van der Waals surface area contributed by atoms with Gasteiger partial charge in [0.1, 0.15) is 0 Å². The molecule has 0 fully saturated rings. The van der Waals surface area contributed by atoms with E-state index < -0.39 is 0 Å². The molecular formula is C13H23N3S. The Balaban J connectivity index is 2.44. The van der Waals surface area contributed by atoms with Gasteiger partial charge in [-0.1, -0.05) is 13.8 Å². The predicted molar refractivity (Wildman–Crippen MR) is 77.4 cm³/mol. The third-order valence-corrected chi connectivity index (χ3v) is 4.13. The molecule has 1 aromatic rings. The summed E-state index contributed by atoms with van der Waals surface area (Å²) < 4.78 is 0. The van der Waals surface area contributed by atoms with Gasteiger partial charge in [0.15, 0.2) is 0 Å².